The Kier molecular flexibility index (Phi) is 6.72. The maximum atomic E-state index is 14.3. The summed E-state index contributed by atoms with van der Waals surface area (Å²) >= 11 is 0. The Morgan fingerprint density at radius 1 is 1.16 bits per heavy atom. The fourth-order valence-electron chi connectivity index (χ4n) is 5.44. The van der Waals surface area contributed by atoms with Crippen LogP contribution in [0.1, 0.15) is 36.6 Å². The summed E-state index contributed by atoms with van der Waals surface area (Å²) in [6, 6.07) is 10.3. The van der Waals surface area contributed by atoms with Gasteiger partial charge in [-0.2, -0.15) is 0 Å². The van der Waals surface area contributed by atoms with Crippen LogP contribution in [-0.2, 0) is 10.4 Å². The summed E-state index contributed by atoms with van der Waals surface area (Å²) in [6.07, 6.45) is 7.48. The number of methoxy groups -OCH3 is 1. The fourth-order valence-corrected chi connectivity index (χ4v) is 5.44. The molecule has 2 aromatic carbocycles. The summed E-state index contributed by atoms with van der Waals surface area (Å²) in [4.78, 5) is 11.8. The van der Waals surface area contributed by atoms with Gasteiger partial charge in [0.05, 0.1) is 30.4 Å². The predicted octanol–water partition coefficient (Wildman–Crippen LogP) is 4.79. The first-order valence-corrected chi connectivity index (χ1v) is 12.3. The second kappa shape index (κ2) is 9.97. The van der Waals surface area contributed by atoms with Gasteiger partial charge in [-0.25, -0.2) is 13.8 Å². The molecule has 0 amide bonds. The SMILES string of the molecule is CON=C1/C(=C/c2ccc(-n3cnc(C)c3)c(OC)c2)CCC2CNCC(C)(c3ccc(F)c(F)c3)N12. The zero-order valence-corrected chi connectivity index (χ0v) is 21.5. The van der Waals surface area contributed by atoms with Gasteiger partial charge in [-0.05, 0) is 73.7 Å². The van der Waals surface area contributed by atoms with Crippen LogP contribution in [0.15, 0.2) is 59.7 Å². The molecule has 2 fully saturated rings. The van der Waals surface area contributed by atoms with Gasteiger partial charge in [0.15, 0.2) is 17.5 Å². The Bertz CT molecular complexity index is 1370. The van der Waals surface area contributed by atoms with E-state index in [9.17, 15) is 8.78 Å². The highest BCUT2D eigenvalue weighted by Crippen LogP contribution is 2.40. The molecule has 0 aliphatic carbocycles. The number of aryl methyl sites for hydroxylation is 1. The molecule has 1 aromatic heterocycles. The lowest BCUT2D eigenvalue weighted by atomic mass is 9.81. The number of piperidine rings is 1. The molecule has 0 saturated carbocycles. The lowest BCUT2D eigenvalue weighted by Gasteiger charge is -2.54. The maximum Gasteiger partial charge on any atom is 0.172 e. The van der Waals surface area contributed by atoms with E-state index in [-0.39, 0.29) is 6.04 Å². The third kappa shape index (κ3) is 4.59. The van der Waals surface area contributed by atoms with Gasteiger partial charge in [0.1, 0.15) is 12.9 Å². The van der Waals surface area contributed by atoms with Crippen LogP contribution in [-0.4, -0.2) is 53.6 Å². The molecule has 0 bridgehead atoms. The standard InChI is InChI=1S/C28H31F2N5O2/c1-18-15-34(17-32-18)25-10-5-19(12-26(25)36-3)11-20-6-8-22-14-31-16-28(2,35(22)27(20)33-37-4)21-7-9-23(29)24(30)13-21/h5,7,9-13,15,17,22,31H,6,8,14,16H2,1-4H3/b20-11+,33-27?. The van der Waals surface area contributed by atoms with E-state index < -0.39 is 17.2 Å². The molecule has 3 heterocycles. The van der Waals surface area contributed by atoms with E-state index in [2.05, 4.69) is 26.4 Å². The van der Waals surface area contributed by atoms with Gasteiger partial charge in [-0.3, -0.25) is 0 Å². The Labute approximate surface area is 215 Å². The number of nitrogens with zero attached hydrogens (tertiary/aromatic N) is 4. The van der Waals surface area contributed by atoms with E-state index in [1.807, 2.05) is 42.8 Å². The molecule has 2 aliphatic heterocycles. The number of nitrogens with one attached hydrogen (secondary N) is 1. The molecular formula is C28H31F2N5O2. The molecule has 3 aromatic rings. The summed E-state index contributed by atoms with van der Waals surface area (Å²) in [5.74, 6) is -0.305. The van der Waals surface area contributed by atoms with Crippen molar-refractivity contribution in [2.24, 2.45) is 5.16 Å². The number of benzene rings is 2. The highest BCUT2D eigenvalue weighted by molar-refractivity contribution is 6.03. The van der Waals surface area contributed by atoms with Gasteiger partial charge in [0.2, 0.25) is 0 Å². The number of rotatable bonds is 5. The summed E-state index contributed by atoms with van der Waals surface area (Å²) in [7, 11) is 3.17. The molecular weight excluding hydrogens is 476 g/mol. The van der Waals surface area contributed by atoms with Crippen molar-refractivity contribution in [2.45, 2.75) is 38.3 Å². The number of imidazole rings is 1. The van der Waals surface area contributed by atoms with E-state index >= 15 is 0 Å². The van der Waals surface area contributed by atoms with Crippen molar-refractivity contribution < 1.29 is 18.4 Å². The number of oxime groups is 1. The lowest BCUT2D eigenvalue weighted by molar-refractivity contribution is 0.0760. The van der Waals surface area contributed by atoms with Crippen LogP contribution in [0.3, 0.4) is 0 Å². The van der Waals surface area contributed by atoms with Gasteiger partial charge >= 0.3 is 0 Å². The van der Waals surface area contributed by atoms with Crippen molar-refractivity contribution >= 4 is 11.9 Å². The van der Waals surface area contributed by atoms with Gasteiger partial charge in [-0.1, -0.05) is 17.3 Å². The Balaban J connectivity index is 1.55. The average molecular weight is 508 g/mol. The van der Waals surface area contributed by atoms with Crippen LogP contribution >= 0.6 is 0 Å². The molecule has 194 valence electrons. The van der Waals surface area contributed by atoms with Crippen molar-refractivity contribution in [3.63, 3.8) is 0 Å². The summed E-state index contributed by atoms with van der Waals surface area (Å²) in [5.41, 5.74) is 3.80. The van der Waals surface area contributed by atoms with Crippen molar-refractivity contribution in [1.82, 2.24) is 19.8 Å². The first-order chi connectivity index (χ1) is 17.8. The third-order valence-electron chi connectivity index (χ3n) is 7.26. The van der Waals surface area contributed by atoms with Crippen molar-refractivity contribution in [3.05, 3.63) is 83.0 Å². The normalized spacial score (nSPS) is 23.8. The highest BCUT2D eigenvalue weighted by Gasteiger charge is 2.46. The first kappa shape index (κ1) is 25.0. The molecule has 2 saturated heterocycles. The molecule has 37 heavy (non-hydrogen) atoms. The number of piperazine rings is 1. The predicted molar refractivity (Wildman–Crippen MR) is 139 cm³/mol. The number of hydrogen-bond donors (Lipinski definition) is 1. The molecule has 0 spiro atoms. The monoisotopic (exact) mass is 507 g/mol. The molecule has 0 radical (unpaired) electrons. The Morgan fingerprint density at radius 3 is 2.70 bits per heavy atom. The topological polar surface area (TPSA) is 63.9 Å². The minimum absolute atomic E-state index is 0.124. The van der Waals surface area contributed by atoms with E-state index in [1.165, 1.54) is 19.2 Å². The largest absolute Gasteiger partial charge is 0.495 e. The second-order valence-corrected chi connectivity index (χ2v) is 9.72. The maximum absolute atomic E-state index is 14.3. The Hall–Kier alpha value is -3.72. The average Bonchev–Trinajstić information content (AvgIpc) is 3.33. The third-order valence-corrected chi connectivity index (χ3v) is 7.26. The first-order valence-electron chi connectivity index (χ1n) is 12.3. The minimum atomic E-state index is -0.862. The number of aromatic nitrogens is 2. The van der Waals surface area contributed by atoms with Crippen LogP contribution in [0.4, 0.5) is 8.78 Å². The summed E-state index contributed by atoms with van der Waals surface area (Å²) in [5, 5.41) is 7.93. The van der Waals surface area contributed by atoms with Crippen LogP contribution in [0, 0.1) is 18.6 Å². The molecule has 9 heteroatoms. The molecule has 1 N–H and O–H groups in total. The van der Waals surface area contributed by atoms with Gasteiger partial charge in [0.25, 0.3) is 0 Å². The van der Waals surface area contributed by atoms with E-state index in [1.54, 1.807) is 19.5 Å². The van der Waals surface area contributed by atoms with Crippen LogP contribution < -0.4 is 10.1 Å². The number of hydrogen-bond acceptors (Lipinski definition) is 5. The quantitative estimate of drug-likeness (QED) is 0.503. The van der Waals surface area contributed by atoms with E-state index in [0.717, 1.165) is 47.7 Å². The minimum Gasteiger partial charge on any atom is -0.495 e. The van der Waals surface area contributed by atoms with Gasteiger partial charge in [-0.15, -0.1) is 0 Å². The fraction of sp³-hybridized carbons (Fsp3) is 0.357. The smallest absolute Gasteiger partial charge is 0.172 e. The number of fused-ring (bicyclic) bond motifs is 1. The molecule has 7 nitrogen and oxygen atoms in total. The summed E-state index contributed by atoms with van der Waals surface area (Å²) < 4.78 is 35.6. The Morgan fingerprint density at radius 2 is 2.00 bits per heavy atom. The number of amidine groups is 1. The zero-order chi connectivity index (χ0) is 26.2. The van der Waals surface area contributed by atoms with Gasteiger partial charge in [0, 0.05) is 25.3 Å². The van der Waals surface area contributed by atoms with Crippen molar-refractivity contribution in [3.8, 4) is 11.4 Å². The summed E-state index contributed by atoms with van der Waals surface area (Å²) in [6.45, 7) is 5.29. The van der Waals surface area contributed by atoms with Crippen LogP contribution in [0.5, 0.6) is 5.75 Å². The number of halogens is 2. The van der Waals surface area contributed by atoms with E-state index in [0.29, 0.717) is 17.9 Å². The van der Waals surface area contributed by atoms with Crippen molar-refractivity contribution in [2.75, 3.05) is 27.3 Å². The zero-order valence-electron chi connectivity index (χ0n) is 21.5. The lowest BCUT2D eigenvalue weighted by Crippen LogP contribution is -2.66. The highest BCUT2D eigenvalue weighted by atomic mass is 19.2. The second-order valence-electron chi connectivity index (χ2n) is 9.72. The van der Waals surface area contributed by atoms with Crippen LogP contribution in [0.25, 0.3) is 11.8 Å². The van der Waals surface area contributed by atoms with Crippen molar-refractivity contribution in [1.29, 1.82) is 0 Å². The molecule has 2 unspecified atom stereocenters. The molecule has 5 rings (SSSR count). The van der Waals surface area contributed by atoms with E-state index in [4.69, 9.17) is 9.57 Å². The molecule has 2 atom stereocenters. The number of ether oxygens (including phenoxy) is 1. The van der Waals surface area contributed by atoms with Gasteiger partial charge < -0.3 is 24.4 Å². The molecule has 2 aliphatic rings. The van der Waals surface area contributed by atoms with Crippen LogP contribution in [0.2, 0.25) is 0 Å².